The van der Waals surface area contributed by atoms with E-state index in [0.717, 1.165) is 37.1 Å². The molecule has 2 aliphatic rings. The molecular weight excluding hydrogens is 231 g/mol. The third-order valence-electron chi connectivity index (χ3n) is 3.55. The second-order valence-electron chi connectivity index (χ2n) is 4.82. The van der Waals surface area contributed by atoms with Crippen LogP contribution in [0.5, 0.6) is 0 Å². The highest BCUT2D eigenvalue weighted by Gasteiger charge is 2.17. The highest BCUT2D eigenvalue weighted by molar-refractivity contribution is 5.68. The zero-order chi connectivity index (χ0) is 12.4. The number of nitrogens with zero attached hydrogens (tertiary/aromatic N) is 2. The summed E-state index contributed by atoms with van der Waals surface area (Å²) in [7, 11) is 0. The Labute approximate surface area is 106 Å². The summed E-state index contributed by atoms with van der Waals surface area (Å²) in [6.45, 7) is 3.00. The Kier molecular flexibility index (Phi) is 3.28. The Morgan fingerprint density at radius 2 is 2.06 bits per heavy atom. The van der Waals surface area contributed by atoms with Crippen LogP contribution in [-0.2, 0) is 4.74 Å². The maximum atomic E-state index is 14.1. The van der Waals surface area contributed by atoms with Gasteiger partial charge in [0.25, 0.3) is 0 Å². The molecule has 2 aliphatic heterocycles. The van der Waals surface area contributed by atoms with E-state index < -0.39 is 0 Å². The van der Waals surface area contributed by atoms with Gasteiger partial charge in [-0.1, -0.05) is 6.08 Å². The van der Waals surface area contributed by atoms with Crippen LogP contribution in [0, 0.1) is 5.82 Å². The van der Waals surface area contributed by atoms with Crippen LogP contribution < -0.4 is 4.90 Å². The van der Waals surface area contributed by atoms with Crippen molar-refractivity contribution < 1.29 is 9.13 Å². The van der Waals surface area contributed by atoms with Crippen molar-refractivity contribution in [1.82, 2.24) is 4.98 Å². The number of rotatable bonds is 2. The van der Waals surface area contributed by atoms with Gasteiger partial charge in [0.2, 0.25) is 0 Å². The van der Waals surface area contributed by atoms with Crippen LogP contribution in [-0.4, -0.2) is 31.3 Å². The molecule has 0 atom stereocenters. The molecule has 96 valence electrons. The molecule has 0 aliphatic carbocycles. The quantitative estimate of drug-likeness (QED) is 0.804. The minimum atomic E-state index is -0.220. The van der Waals surface area contributed by atoms with E-state index in [-0.39, 0.29) is 5.82 Å². The summed E-state index contributed by atoms with van der Waals surface area (Å²) < 4.78 is 19.4. The molecule has 1 fully saturated rings. The third kappa shape index (κ3) is 2.25. The molecule has 3 heterocycles. The molecule has 0 amide bonds. The zero-order valence-corrected chi connectivity index (χ0v) is 10.4. The highest BCUT2D eigenvalue weighted by atomic mass is 19.1. The van der Waals surface area contributed by atoms with E-state index in [2.05, 4.69) is 4.98 Å². The average molecular weight is 248 g/mol. The molecular formula is C14H17FN2O. The summed E-state index contributed by atoms with van der Waals surface area (Å²) in [5, 5.41) is 0. The van der Waals surface area contributed by atoms with E-state index >= 15 is 0 Å². The van der Waals surface area contributed by atoms with Crippen molar-refractivity contribution in [1.29, 1.82) is 0 Å². The average Bonchev–Trinajstić information content (AvgIpc) is 2.93. The van der Waals surface area contributed by atoms with Gasteiger partial charge in [0.15, 0.2) is 11.6 Å². The molecule has 0 saturated carbocycles. The van der Waals surface area contributed by atoms with E-state index in [1.807, 2.05) is 11.0 Å². The highest BCUT2D eigenvalue weighted by Crippen LogP contribution is 2.25. The van der Waals surface area contributed by atoms with Gasteiger partial charge in [0.1, 0.15) is 0 Å². The normalized spacial score (nSPS) is 20.1. The Balaban J connectivity index is 1.84. The van der Waals surface area contributed by atoms with Crippen molar-refractivity contribution in [2.75, 3.05) is 31.2 Å². The predicted octanol–water partition coefficient (Wildman–Crippen LogP) is 2.62. The molecule has 3 rings (SSSR count). The topological polar surface area (TPSA) is 25.4 Å². The smallest absolute Gasteiger partial charge is 0.166 e. The number of hydrogen-bond acceptors (Lipinski definition) is 3. The number of hydrogen-bond donors (Lipinski definition) is 0. The maximum Gasteiger partial charge on any atom is 0.166 e. The van der Waals surface area contributed by atoms with Gasteiger partial charge in [0.05, 0.1) is 13.2 Å². The first kappa shape index (κ1) is 11.7. The van der Waals surface area contributed by atoms with Crippen molar-refractivity contribution in [3.05, 3.63) is 29.7 Å². The first-order valence-electron chi connectivity index (χ1n) is 6.52. The Morgan fingerprint density at radius 1 is 1.22 bits per heavy atom. The lowest BCUT2D eigenvalue weighted by Gasteiger charge is -2.28. The molecule has 1 saturated heterocycles. The summed E-state index contributed by atoms with van der Waals surface area (Å²) in [5.74, 6) is 0.278. The monoisotopic (exact) mass is 248 g/mol. The number of pyridine rings is 1. The van der Waals surface area contributed by atoms with Crippen molar-refractivity contribution in [2.24, 2.45) is 0 Å². The molecule has 1 aromatic heterocycles. The van der Waals surface area contributed by atoms with Crippen molar-refractivity contribution in [3.63, 3.8) is 0 Å². The summed E-state index contributed by atoms with van der Waals surface area (Å²) >= 11 is 0. The Bertz CT molecular complexity index is 467. The van der Waals surface area contributed by atoms with Crippen molar-refractivity contribution in [2.45, 2.75) is 19.3 Å². The molecule has 0 unspecified atom stereocenters. The van der Waals surface area contributed by atoms with Gasteiger partial charge in [-0.3, -0.25) is 0 Å². The molecule has 0 spiro atoms. The summed E-state index contributed by atoms with van der Waals surface area (Å²) in [6.07, 6.45) is 7.23. The van der Waals surface area contributed by atoms with Crippen LogP contribution >= 0.6 is 0 Å². The minimum Gasteiger partial charge on any atom is -0.373 e. The number of piperidine rings is 1. The molecule has 4 heteroatoms. The molecule has 0 N–H and O–H groups in total. The van der Waals surface area contributed by atoms with Gasteiger partial charge >= 0.3 is 0 Å². The minimum absolute atomic E-state index is 0.220. The molecule has 18 heavy (non-hydrogen) atoms. The van der Waals surface area contributed by atoms with Crippen LogP contribution in [0.1, 0.15) is 24.8 Å². The van der Waals surface area contributed by atoms with Gasteiger partial charge in [-0.15, -0.1) is 0 Å². The summed E-state index contributed by atoms with van der Waals surface area (Å²) in [4.78, 5) is 6.34. The Hall–Kier alpha value is -1.42. The third-order valence-corrected chi connectivity index (χ3v) is 3.55. The van der Waals surface area contributed by atoms with Crippen LogP contribution in [0.25, 0.3) is 5.57 Å². The number of anilines is 1. The van der Waals surface area contributed by atoms with E-state index in [1.54, 1.807) is 12.3 Å². The van der Waals surface area contributed by atoms with Crippen LogP contribution in [0.3, 0.4) is 0 Å². The molecule has 1 aromatic rings. The fraction of sp³-hybridized carbons (Fsp3) is 0.500. The summed E-state index contributed by atoms with van der Waals surface area (Å²) in [6, 6.07) is 1.58. The van der Waals surface area contributed by atoms with Gasteiger partial charge in [-0.2, -0.15) is 0 Å². The lowest BCUT2D eigenvalue weighted by molar-refractivity contribution is 0.216. The van der Waals surface area contributed by atoms with Gasteiger partial charge in [-0.05, 0) is 30.9 Å². The van der Waals surface area contributed by atoms with Crippen molar-refractivity contribution in [3.8, 4) is 0 Å². The Morgan fingerprint density at radius 3 is 2.72 bits per heavy atom. The van der Waals surface area contributed by atoms with Gasteiger partial charge in [0, 0.05) is 24.8 Å². The number of halogens is 1. The molecule has 0 radical (unpaired) electrons. The van der Waals surface area contributed by atoms with E-state index in [0.29, 0.717) is 19.0 Å². The van der Waals surface area contributed by atoms with E-state index in [1.165, 1.54) is 6.42 Å². The first-order chi connectivity index (χ1) is 8.84. The summed E-state index contributed by atoms with van der Waals surface area (Å²) in [5.41, 5.74) is 1.87. The number of ether oxygens (including phenoxy) is 1. The number of aromatic nitrogens is 1. The van der Waals surface area contributed by atoms with Crippen LogP contribution in [0.15, 0.2) is 18.3 Å². The zero-order valence-electron chi connectivity index (χ0n) is 10.4. The molecule has 0 aromatic carbocycles. The first-order valence-corrected chi connectivity index (χ1v) is 6.52. The van der Waals surface area contributed by atoms with E-state index in [9.17, 15) is 4.39 Å². The fourth-order valence-electron chi connectivity index (χ4n) is 2.53. The second kappa shape index (κ2) is 5.06. The van der Waals surface area contributed by atoms with Gasteiger partial charge < -0.3 is 9.64 Å². The second-order valence-corrected chi connectivity index (χ2v) is 4.82. The fourth-order valence-corrected chi connectivity index (χ4v) is 2.53. The van der Waals surface area contributed by atoms with E-state index in [4.69, 9.17) is 4.74 Å². The van der Waals surface area contributed by atoms with Crippen LogP contribution in [0.4, 0.5) is 10.2 Å². The standard InChI is InChI=1S/C14H17FN2O/c15-13-8-12(11-4-7-18-10-11)9-16-14(13)17-5-2-1-3-6-17/h4,8-9H,1-3,5-7,10H2. The lowest BCUT2D eigenvalue weighted by atomic mass is 10.1. The maximum absolute atomic E-state index is 14.1. The molecule has 3 nitrogen and oxygen atoms in total. The van der Waals surface area contributed by atoms with Crippen molar-refractivity contribution >= 4 is 11.4 Å². The molecule has 0 bridgehead atoms. The lowest BCUT2D eigenvalue weighted by Crippen LogP contribution is -2.31. The SMILES string of the molecule is Fc1cc(C2=CCOC2)cnc1N1CCCCC1. The van der Waals surface area contributed by atoms with Gasteiger partial charge in [-0.25, -0.2) is 9.37 Å². The van der Waals surface area contributed by atoms with Crippen LogP contribution in [0.2, 0.25) is 0 Å². The predicted molar refractivity (Wildman–Crippen MR) is 69.1 cm³/mol. The largest absolute Gasteiger partial charge is 0.373 e.